The van der Waals surface area contributed by atoms with Gasteiger partial charge in [0.25, 0.3) is 0 Å². The molecule has 7 heteroatoms. The molecule has 1 aromatic rings. The Bertz CT molecular complexity index is 767. The van der Waals surface area contributed by atoms with Crippen molar-refractivity contribution < 1.29 is 13.2 Å². The van der Waals surface area contributed by atoms with E-state index in [-0.39, 0.29) is 11.3 Å². The molecule has 0 heterocycles. The minimum Gasteiger partial charge on any atom is -0.349 e. The normalized spacial score (nSPS) is 14.0. The van der Waals surface area contributed by atoms with Crippen LogP contribution in [0.25, 0.3) is 0 Å². The monoisotopic (exact) mass is 402 g/mol. The molecular formula is C19H31ClN2O3S. The van der Waals surface area contributed by atoms with Gasteiger partial charge in [0, 0.05) is 10.6 Å². The summed E-state index contributed by atoms with van der Waals surface area (Å²) in [5.74, 6) is -0.343. The maximum Gasteiger partial charge on any atom is 0.244 e. The van der Waals surface area contributed by atoms with Crippen molar-refractivity contribution in [1.82, 2.24) is 5.32 Å². The molecule has 0 aliphatic heterocycles. The Morgan fingerprint density at radius 3 is 2.23 bits per heavy atom. The van der Waals surface area contributed by atoms with Crippen LogP contribution >= 0.6 is 11.6 Å². The predicted octanol–water partition coefficient (Wildman–Crippen LogP) is 4.13. The fourth-order valence-electron chi connectivity index (χ4n) is 3.41. The maximum atomic E-state index is 12.9. The van der Waals surface area contributed by atoms with Gasteiger partial charge in [-0.2, -0.15) is 0 Å². The number of benzene rings is 1. The van der Waals surface area contributed by atoms with E-state index in [4.69, 9.17) is 11.6 Å². The lowest BCUT2D eigenvalue weighted by Crippen LogP contribution is -2.54. The van der Waals surface area contributed by atoms with Crippen molar-refractivity contribution in [2.24, 2.45) is 5.41 Å². The maximum absolute atomic E-state index is 12.9. The first-order valence-electron chi connectivity index (χ1n) is 8.61. The van der Waals surface area contributed by atoms with E-state index >= 15 is 0 Å². The van der Waals surface area contributed by atoms with Crippen molar-refractivity contribution in [1.29, 1.82) is 0 Å². The van der Waals surface area contributed by atoms with Crippen LogP contribution in [0.15, 0.2) is 18.2 Å². The number of anilines is 1. The fraction of sp³-hybridized carbons (Fsp3) is 0.632. The summed E-state index contributed by atoms with van der Waals surface area (Å²) in [4.78, 5) is 12.9. The molecular weight excluding hydrogens is 372 g/mol. The zero-order chi connectivity index (χ0) is 20.5. The van der Waals surface area contributed by atoms with Crippen LogP contribution in [0.2, 0.25) is 5.02 Å². The number of hydrogen-bond donors (Lipinski definition) is 1. The highest BCUT2D eigenvalue weighted by Crippen LogP contribution is 2.30. The lowest BCUT2D eigenvalue weighted by molar-refractivity contribution is -0.123. The number of aryl methyl sites for hydroxylation is 1. The molecule has 0 spiro atoms. The van der Waals surface area contributed by atoms with E-state index in [1.54, 1.807) is 32.0 Å². The second-order valence-electron chi connectivity index (χ2n) is 8.78. The second-order valence-corrected chi connectivity index (χ2v) is 11.1. The van der Waals surface area contributed by atoms with Crippen LogP contribution in [-0.4, -0.2) is 32.2 Å². The zero-order valence-electron chi connectivity index (χ0n) is 17.0. The van der Waals surface area contributed by atoms with Crippen LogP contribution in [0, 0.1) is 12.3 Å². The second kappa shape index (κ2) is 7.77. The van der Waals surface area contributed by atoms with Gasteiger partial charge in [0.2, 0.25) is 15.9 Å². The van der Waals surface area contributed by atoms with Crippen molar-refractivity contribution in [3.63, 3.8) is 0 Å². The van der Waals surface area contributed by atoms with Gasteiger partial charge in [0.15, 0.2) is 0 Å². The Balaban J connectivity index is 3.21. The van der Waals surface area contributed by atoms with Crippen molar-refractivity contribution in [2.75, 3.05) is 10.6 Å². The topological polar surface area (TPSA) is 66.5 Å². The number of hydrogen-bond acceptors (Lipinski definition) is 3. The SMILES string of the molecule is Cc1ccc(Cl)cc1N([C@@H](C)C(=O)NC(C)(C)CC(C)(C)C)S(C)(=O)=O. The number of halogens is 1. The van der Waals surface area contributed by atoms with E-state index < -0.39 is 21.6 Å². The molecule has 0 aromatic heterocycles. The van der Waals surface area contributed by atoms with E-state index in [0.717, 1.165) is 22.5 Å². The standard InChI is InChI=1S/C19H31ClN2O3S/c1-13-9-10-15(20)11-16(13)22(26(8,24)25)14(2)17(23)21-19(6,7)12-18(3,4)5/h9-11,14H,12H2,1-8H3,(H,21,23)/t14-/m0/s1. The molecule has 0 fully saturated rings. The first-order chi connectivity index (χ1) is 11.5. The van der Waals surface area contributed by atoms with Crippen LogP contribution in [0.3, 0.4) is 0 Å². The number of carbonyl (C=O) groups excluding carboxylic acids is 1. The van der Waals surface area contributed by atoms with Gasteiger partial charge in [-0.1, -0.05) is 38.4 Å². The summed E-state index contributed by atoms with van der Waals surface area (Å²) in [5.41, 5.74) is 0.709. The number of rotatable bonds is 6. The summed E-state index contributed by atoms with van der Waals surface area (Å²) >= 11 is 6.05. The van der Waals surface area contributed by atoms with Crippen LogP contribution in [-0.2, 0) is 14.8 Å². The van der Waals surface area contributed by atoms with Gasteiger partial charge in [-0.05, 0) is 57.2 Å². The Hall–Kier alpha value is -1.27. The van der Waals surface area contributed by atoms with E-state index in [0.29, 0.717) is 10.7 Å². The van der Waals surface area contributed by atoms with Crippen molar-refractivity contribution in [3.05, 3.63) is 28.8 Å². The Labute approximate surface area is 163 Å². The first kappa shape index (κ1) is 22.8. The molecule has 26 heavy (non-hydrogen) atoms. The lowest BCUT2D eigenvalue weighted by Gasteiger charge is -2.36. The largest absolute Gasteiger partial charge is 0.349 e. The minimum atomic E-state index is -3.68. The van der Waals surface area contributed by atoms with Crippen LogP contribution in [0.1, 0.15) is 53.5 Å². The third-order valence-corrected chi connectivity index (χ3v) is 5.39. The summed E-state index contributed by atoms with van der Waals surface area (Å²) in [6.07, 6.45) is 1.85. The number of sulfonamides is 1. The van der Waals surface area contributed by atoms with E-state index in [9.17, 15) is 13.2 Å². The van der Waals surface area contributed by atoms with E-state index in [1.807, 2.05) is 13.8 Å². The molecule has 1 amide bonds. The molecule has 5 nitrogen and oxygen atoms in total. The molecule has 1 rings (SSSR count). The van der Waals surface area contributed by atoms with E-state index in [2.05, 4.69) is 26.1 Å². The van der Waals surface area contributed by atoms with Gasteiger partial charge in [-0.25, -0.2) is 8.42 Å². The molecule has 0 saturated carbocycles. The Morgan fingerprint density at radius 1 is 1.23 bits per heavy atom. The number of nitrogens with one attached hydrogen (secondary N) is 1. The number of amides is 1. The summed E-state index contributed by atoms with van der Waals surface area (Å²) in [6.45, 7) is 13.6. The molecule has 0 radical (unpaired) electrons. The molecule has 0 saturated heterocycles. The number of nitrogens with zero attached hydrogens (tertiary/aromatic N) is 1. The highest BCUT2D eigenvalue weighted by molar-refractivity contribution is 7.92. The first-order valence-corrected chi connectivity index (χ1v) is 10.8. The smallest absolute Gasteiger partial charge is 0.244 e. The average molecular weight is 403 g/mol. The molecule has 1 aromatic carbocycles. The van der Waals surface area contributed by atoms with Gasteiger partial charge < -0.3 is 5.32 Å². The van der Waals surface area contributed by atoms with E-state index in [1.165, 1.54) is 0 Å². The number of carbonyl (C=O) groups is 1. The highest BCUT2D eigenvalue weighted by atomic mass is 35.5. The van der Waals surface area contributed by atoms with Gasteiger partial charge >= 0.3 is 0 Å². The van der Waals surface area contributed by atoms with Gasteiger partial charge in [0.1, 0.15) is 6.04 Å². The average Bonchev–Trinajstić information content (AvgIpc) is 2.37. The predicted molar refractivity (Wildman–Crippen MR) is 109 cm³/mol. The molecule has 0 aliphatic rings. The molecule has 148 valence electrons. The van der Waals surface area contributed by atoms with Gasteiger partial charge in [-0.15, -0.1) is 0 Å². The third kappa shape index (κ3) is 6.47. The minimum absolute atomic E-state index is 0.0279. The Morgan fingerprint density at radius 2 is 1.77 bits per heavy atom. The highest BCUT2D eigenvalue weighted by Gasteiger charge is 2.34. The quantitative estimate of drug-likeness (QED) is 0.777. The molecule has 0 aliphatic carbocycles. The van der Waals surface area contributed by atoms with Gasteiger partial charge in [0.05, 0.1) is 11.9 Å². The Kier molecular flexibility index (Phi) is 6.80. The lowest BCUT2D eigenvalue weighted by atomic mass is 9.81. The summed E-state index contributed by atoms with van der Waals surface area (Å²) < 4.78 is 26.0. The van der Waals surface area contributed by atoms with Crippen molar-refractivity contribution >= 4 is 33.2 Å². The molecule has 0 bridgehead atoms. The van der Waals surface area contributed by atoms with Crippen LogP contribution in [0.5, 0.6) is 0 Å². The van der Waals surface area contributed by atoms with Crippen LogP contribution < -0.4 is 9.62 Å². The van der Waals surface area contributed by atoms with Gasteiger partial charge in [-0.3, -0.25) is 9.10 Å². The molecule has 0 unspecified atom stereocenters. The molecule has 1 atom stereocenters. The fourth-order valence-corrected chi connectivity index (χ4v) is 4.80. The zero-order valence-corrected chi connectivity index (χ0v) is 18.5. The molecule has 1 N–H and O–H groups in total. The summed E-state index contributed by atoms with van der Waals surface area (Å²) in [5, 5.41) is 3.41. The van der Waals surface area contributed by atoms with Crippen LogP contribution in [0.4, 0.5) is 5.69 Å². The van der Waals surface area contributed by atoms with Crippen molar-refractivity contribution in [3.8, 4) is 0 Å². The van der Waals surface area contributed by atoms with Crippen molar-refractivity contribution in [2.45, 2.75) is 66.5 Å². The summed E-state index contributed by atoms with van der Waals surface area (Å²) in [7, 11) is -3.68. The third-order valence-electron chi connectivity index (χ3n) is 3.93. The summed E-state index contributed by atoms with van der Waals surface area (Å²) in [6, 6.07) is 4.10.